The minimum atomic E-state index is -0.895. The topological polar surface area (TPSA) is 34.1 Å². The van der Waals surface area contributed by atoms with Gasteiger partial charge in [0.1, 0.15) is 4.32 Å². The van der Waals surface area contributed by atoms with Crippen LogP contribution in [0.1, 0.15) is 31.8 Å². The molecule has 1 saturated carbocycles. The summed E-state index contributed by atoms with van der Waals surface area (Å²) in [4.78, 5) is 26.9. The van der Waals surface area contributed by atoms with Crippen LogP contribution in [0.2, 0.25) is 0 Å². The first-order chi connectivity index (χ1) is 12.6. The first kappa shape index (κ1) is 14.6. The van der Waals surface area contributed by atoms with Crippen LogP contribution in [0.15, 0.2) is 72.8 Å². The van der Waals surface area contributed by atoms with Crippen molar-refractivity contribution in [2.75, 3.05) is 0 Å². The van der Waals surface area contributed by atoms with E-state index in [1.54, 1.807) is 12.1 Å². The van der Waals surface area contributed by atoms with Gasteiger partial charge >= 0.3 is 0 Å². The van der Waals surface area contributed by atoms with Crippen molar-refractivity contribution < 1.29 is 9.59 Å². The fraction of sp³-hybridized carbons (Fsp3) is 0.130. The molecule has 26 heavy (non-hydrogen) atoms. The molecule has 0 heterocycles. The standard InChI is InChI=1S/C23H13BrO2/c24-23-20(19(25)15-9-1-2-10-16(15)21(23)26)22(23)17-11-5-3-7-13(17)14-8-4-6-12-18(14)22/h1-12,20H. The SMILES string of the molecule is O=C1c2ccccc2C(=O)C2(Br)C1C21c2ccccc2-c2ccccc21. The number of rotatable bonds is 0. The van der Waals surface area contributed by atoms with Crippen LogP contribution in [0, 0.1) is 5.92 Å². The van der Waals surface area contributed by atoms with Gasteiger partial charge in [-0.3, -0.25) is 9.59 Å². The molecule has 3 aliphatic carbocycles. The molecule has 2 unspecified atom stereocenters. The number of Topliss-reactive ketones (excluding diaryl/α,β-unsaturated/α-hetero) is 2. The number of ketones is 2. The van der Waals surface area contributed by atoms with E-state index in [-0.39, 0.29) is 11.6 Å². The average molecular weight is 401 g/mol. The van der Waals surface area contributed by atoms with E-state index >= 15 is 0 Å². The zero-order valence-corrected chi connectivity index (χ0v) is 15.3. The number of carbonyl (C=O) groups excluding carboxylic acids is 2. The Morgan fingerprint density at radius 3 is 1.69 bits per heavy atom. The molecule has 0 amide bonds. The number of fused-ring (bicyclic) bond motifs is 9. The van der Waals surface area contributed by atoms with Crippen LogP contribution in [-0.2, 0) is 5.41 Å². The Hall–Kier alpha value is -2.52. The van der Waals surface area contributed by atoms with Crippen molar-refractivity contribution in [1.82, 2.24) is 0 Å². The number of benzene rings is 3. The van der Waals surface area contributed by atoms with Crippen molar-refractivity contribution in [2.24, 2.45) is 5.92 Å². The van der Waals surface area contributed by atoms with E-state index in [1.165, 1.54) is 0 Å². The van der Waals surface area contributed by atoms with E-state index in [1.807, 2.05) is 36.4 Å². The fourth-order valence-corrected chi connectivity index (χ4v) is 6.65. The van der Waals surface area contributed by atoms with Crippen LogP contribution in [-0.4, -0.2) is 15.9 Å². The minimum absolute atomic E-state index is 0.0178. The van der Waals surface area contributed by atoms with Crippen molar-refractivity contribution in [3.63, 3.8) is 0 Å². The number of hydrogen-bond donors (Lipinski definition) is 0. The summed E-state index contributed by atoms with van der Waals surface area (Å²) in [6.45, 7) is 0. The maximum Gasteiger partial charge on any atom is 0.182 e. The van der Waals surface area contributed by atoms with E-state index in [0.29, 0.717) is 11.1 Å². The number of hydrogen-bond acceptors (Lipinski definition) is 2. The summed E-state index contributed by atoms with van der Waals surface area (Å²) >= 11 is 3.80. The lowest BCUT2D eigenvalue weighted by Crippen LogP contribution is -2.31. The predicted molar refractivity (Wildman–Crippen MR) is 103 cm³/mol. The van der Waals surface area contributed by atoms with Gasteiger partial charge in [-0.1, -0.05) is 88.7 Å². The Morgan fingerprint density at radius 1 is 0.654 bits per heavy atom. The molecule has 0 aromatic heterocycles. The zero-order valence-electron chi connectivity index (χ0n) is 13.7. The lowest BCUT2D eigenvalue weighted by Gasteiger charge is -2.19. The Kier molecular flexibility index (Phi) is 2.48. The second kappa shape index (κ2) is 4.41. The third kappa shape index (κ3) is 1.29. The highest BCUT2D eigenvalue weighted by Gasteiger charge is 2.86. The predicted octanol–water partition coefficient (Wildman–Crippen LogP) is 4.80. The molecule has 3 aliphatic rings. The Bertz CT molecular complexity index is 1120. The molecule has 0 N–H and O–H groups in total. The monoisotopic (exact) mass is 400 g/mol. The number of halogens is 1. The van der Waals surface area contributed by atoms with Gasteiger partial charge in [0, 0.05) is 11.1 Å². The third-order valence-corrected chi connectivity index (χ3v) is 7.79. The zero-order chi connectivity index (χ0) is 17.7. The maximum absolute atomic E-state index is 13.5. The molecule has 1 spiro atoms. The quantitative estimate of drug-likeness (QED) is 0.508. The lowest BCUT2D eigenvalue weighted by molar-refractivity contribution is 0.0893. The van der Waals surface area contributed by atoms with E-state index < -0.39 is 15.7 Å². The summed E-state index contributed by atoms with van der Waals surface area (Å²) in [6, 6.07) is 23.5. The Morgan fingerprint density at radius 2 is 1.12 bits per heavy atom. The normalized spacial score (nSPS) is 26.1. The van der Waals surface area contributed by atoms with Crippen LogP contribution >= 0.6 is 15.9 Å². The molecule has 3 heteroatoms. The van der Waals surface area contributed by atoms with Crippen molar-refractivity contribution >= 4 is 27.5 Å². The van der Waals surface area contributed by atoms with Gasteiger partial charge in [-0.05, 0) is 22.3 Å². The first-order valence-corrected chi connectivity index (χ1v) is 9.49. The van der Waals surface area contributed by atoms with Gasteiger partial charge in [0.2, 0.25) is 0 Å². The van der Waals surface area contributed by atoms with Crippen molar-refractivity contribution in [1.29, 1.82) is 0 Å². The molecular weight excluding hydrogens is 388 g/mol. The molecule has 2 atom stereocenters. The summed E-state index contributed by atoms with van der Waals surface area (Å²) in [7, 11) is 0. The van der Waals surface area contributed by atoms with Crippen molar-refractivity contribution in [3.05, 3.63) is 95.1 Å². The maximum atomic E-state index is 13.5. The average Bonchev–Trinajstić information content (AvgIpc) is 3.15. The second-order valence-electron chi connectivity index (χ2n) is 7.28. The third-order valence-electron chi connectivity index (χ3n) is 6.35. The van der Waals surface area contributed by atoms with E-state index in [2.05, 4.69) is 40.2 Å². The number of carbonyl (C=O) groups is 2. The van der Waals surface area contributed by atoms with Gasteiger partial charge in [-0.25, -0.2) is 0 Å². The van der Waals surface area contributed by atoms with Gasteiger partial charge in [0.15, 0.2) is 11.6 Å². The van der Waals surface area contributed by atoms with Crippen LogP contribution in [0.5, 0.6) is 0 Å². The molecule has 0 bridgehead atoms. The number of alkyl halides is 1. The first-order valence-electron chi connectivity index (χ1n) is 8.70. The summed E-state index contributed by atoms with van der Waals surface area (Å²) < 4.78 is -0.895. The largest absolute Gasteiger partial charge is 0.294 e. The van der Waals surface area contributed by atoms with Crippen LogP contribution in [0.3, 0.4) is 0 Å². The van der Waals surface area contributed by atoms with E-state index in [4.69, 9.17) is 0 Å². The van der Waals surface area contributed by atoms with Crippen molar-refractivity contribution in [3.8, 4) is 11.1 Å². The molecular formula is C23H13BrO2. The lowest BCUT2D eigenvalue weighted by atomic mass is 9.88. The molecule has 0 saturated heterocycles. The fourth-order valence-electron chi connectivity index (χ4n) is 5.35. The minimum Gasteiger partial charge on any atom is -0.294 e. The van der Waals surface area contributed by atoms with Crippen molar-refractivity contribution in [2.45, 2.75) is 9.74 Å². The van der Waals surface area contributed by atoms with Gasteiger partial charge in [0.25, 0.3) is 0 Å². The van der Waals surface area contributed by atoms with Gasteiger partial charge in [0.05, 0.1) is 11.3 Å². The van der Waals surface area contributed by atoms with Gasteiger partial charge in [-0.15, -0.1) is 0 Å². The molecule has 124 valence electrons. The molecule has 3 aromatic carbocycles. The summed E-state index contributed by atoms with van der Waals surface area (Å²) in [5.74, 6) is -0.324. The van der Waals surface area contributed by atoms with E-state index in [0.717, 1.165) is 22.3 Å². The molecule has 0 aliphatic heterocycles. The highest BCUT2D eigenvalue weighted by Crippen LogP contribution is 2.78. The van der Waals surface area contributed by atoms with Gasteiger partial charge < -0.3 is 0 Å². The summed E-state index contributed by atoms with van der Waals surface area (Å²) in [5.41, 5.74) is 4.88. The second-order valence-corrected chi connectivity index (χ2v) is 8.53. The Balaban J connectivity index is 1.72. The molecule has 3 aromatic rings. The van der Waals surface area contributed by atoms with Crippen LogP contribution < -0.4 is 0 Å². The highest BCUT2D eigenvalue weighted by atomic mass is 79.9. The van der Waals surface area contributed by atoms with Crippen LogP contribution in [0.4, 0.5) is 0 Å². The van der Waals surface area contributed by atoms with Crippen LogP contribution in [0.25, 0.3) is 11.1 Å². The summed E-state index contributed by atoms with van der Waals surface area (Å²) in [5, 5.41) is 0. The van der Waals surface area contributed by atoms with E-state index in [9.17, 15) is 9.59 Å². The molecule has 2 nitrogen and oxygen atoms in total. The smallest absolute Gasteiger partial charge is 0.182 e. The van der Waals surface area contributed by atoms with Gasteiger partial charge in [-0.2, -0.15) is 0 Å². The Labute approximate surface area is 159 Å². The highest BCUT2D eigenvalue weighted by molar-refractivity contribution is 9.10. The summed E-state index contributed by atoms with van der Waals surface area (Å²) in [6.07, 6.45) is 0. The molecule has 1 fully saturated rings. The molecule has 6 rings (SSSR count). The molecule has 0 radical (unpaired) electrons.